The lowest BCUT2D eigenvalue weighted by Crippen LogP contribution is -2.02. The molecule has 1 nitrogen and oxygen atoms in total. The Bertz CT molecular complexity index is 73.3. The van der Waals surface area contributed by atoms with Gasteiger partial charge < -0.3 is 4.79 Å². The van der Waals surface area contributed by atoms with Gasteiger partial charge in [0.1, 0.15) is 6.29 Å². The minimum atomic E-state index is 0.0895. The Kier molecular flexibility index (Phi) is 6.06. The highest BCUT2D eigenvalue weighted by molar-refractivity contribution is 6.18. The Morgan fingerprint density at radius 3 is 2.67 bits per heavy atom. The van der Waals surface area contributed by atoms with Crippen molar-refractivity contribution in [1.82, 2.24) is 0 Å². The fourth-order valence-electron chi connectivity index (χ4n) is 0.648. The molecule has 0 saturated heterocycles. The van der Waals surface area contributed by atoms with Gasteiger partial charge in [-0.2, -0.15) is 0 Å². The number of unbranched alkanes of at least 4 members (excludes halogenated alkanes) is 1. The van der Waals surface area contributed by atoms with Crippen LogP contribution in [-0.2, 0) is 4.79 Å². The van der Waals surface area contributed by atoms with Crippen LogP contribution in [0.25, 0.3) is 0 Å². The summed E-state index contributed by atoms with van der Waals surface area (Å²) in [5, 5.41) is 0. The zero-order chi connectivity index (χ0) is 7.11. The van der Waals surface area contributed by atoms with Crippen molar-refractivity contribution in [2.45, 2.75) is 26.2 Å². The van der Waals surface area contributed by atoms with E-state index >= 15 is 0 Å². The molecular formula is C7H13ClO. The molecule has 0 spiro atoms. The van der Waals surface area contributed by atoms with Crippen LogP contribution >= 0.6 is 11.6 Å². The molecular weight excluding hydrogens is 136 g/mol. The number of aldehydes is 1. The van der Waals surface area contributed by atoms with E-state index in [0.29, 0.717) is 5.88 Å². The van der Waals surface area contributed by atoms with Crippen LogP contribution in [-0.4, -0.2) is 12.2 Å². The van der Waals surface area contributed by atoms with Crippen molar-refractivity contribution in [3.05, 3.63) is 0 Å². The molecule has 0 fully saturated rings. The van der Waals surface area contributed by atoms with Crippen LogP contribution in [0.15, 0.2) is 0 Å². The topological polar surface area (TPSA) is 17.1 Å². The predicted octanol–water partition coefficient (Wildman–Crippen LogP) is 2.23. The highest BCUT2D eigenvalue weighted by Crippen LogP contribution is 2.06. The summed E-state index contributed by atoms with van der Waals surface area (Å²) in [6.07, 6.45) is 4.14. The number of hydrogen-bond donors (Lipinski definition) is 0. The first-order valence-electron chi connectivity index (χ1n) is 3.36. The quantitative estimate of drug-likeness (QED) is 0.432. The van der Waals surface area contributed by atoms with E-state index in [4.69, 9.17) is 11.6 Å². The standard InChI is InChI=1S/C7H13ClO/c1-2-3-4-7(5-8)6-9/h6-7H,2-5H2,1H3. The van der Waals surface area contributed by atoms with E-state index in [0.717, 1.165) is 25.5 Å². The Morgan fingerprint density at radius 2 is 2.33 bits per heavy atom. The molecule has 9 heavy (non-hydrogen) atoms. The molecule has 0 amide bonds. The van der Waals surface area contributed by atoms with E-state index in [2.05, 4.69) is 6.92 Å². The second-order valence-corrected chi connectivity index (χ2v) is 2.50. The molecule has 0 heterocycles. The maximum Gasteiger partial charge on any atom is 0.124 e. The van der Waals surface area contributed by atoms with E-state index in [9.17, 15) is 4.79 Å². The van der Waals surface area contributed by atoms with Gasteiger partial charge >= 0.3 is 0 Å². The second-order valence-electron chi connectivity index (χ2n) is 2.19. The molecule has 0 rings (SSSR count). The molecule has 0 aromatic carbocycles. The minimum absolute atomic E-state index is 0.0895. The number of hydrogen-bond acceptors (Lipinski definition) is 1. The number of alkyl halides is 1. The predicted molar refractivity (Wildman–Crippen MR) is 39.8 cm³/mol. The van der Waals surface area contributed by atoms with Gasteiger partial charge in [0.2, 0.25) is 0 Å². The van der Waals surface area contributed by atoms with Crippen molar-refractivity contribution in [1.29, 1.82) is 0 Å². The highest BCUT2D eigenvalue weighted by atomic mass is 35.5. The van der Waals surface area contributed by atoms with Crippen LogP contribution in [0.5, 0.6) is 0 Å². The first-order chi connectivity index (χ1) is 4.35. The molecule has 2 heteroatoms. The van der Waals surface area contributed by atoms with Gasteiger partial charge in [0.25, 0.3) is 0 Å². The summed E-state index contributed by atoms with van der Waals surface area (Å²) in [5.41, 5.74) is 0. The lowest BCUT2D eigenvalue weighted by Gasteiger charge is -2.01. The molecule has 0 aliphatic rings. The van der Waals surface area contributed by atoms with Crippen molar-refractivity contribution < 1.29 is 4.79 Å². The monoisotopic (exact) mass is 148 g/mol. The third kappa shape index (κ3) is 4.46. The summed E-state index contributed by atoms with van der Waals surface area (Å²) in [6.45, 7) is 2.11. The maximum absolute atomic E-state index is 10.2. The van der Waals surface area contributed by atoms with E-state index in [1.54, 1.807) is 0 Å². The van der Waals surface area contributed by atoms with Gasteiger partial charge in [0, 0.05) is 11.8 Å². The summed E-state index contributed by atoms with van der Waals surface area (Å²) in [5.74, 6) is 0.565. The summed E-state index contributed by atoms with van der Waals surface area (Å²) in [6, 6.07) is 0. The number of rotatable bonds is 5. The average Bonchev–Trinajstić information content (AvgIpc) is 1.91. The van der Waals surface area contributed by atoms with Gasteiger partial charge in [0.05, 0.1) is 0 Å². The summed E-state index contributed by atoms with van der Waals surface area (Å²) >= 11 is 5.47. The molecule has 0 aromatic heterocycles. The van der Waals surface area contributed by atoms with Crippen LogP contribution in [0.2, 0.25) is 0 Å². The Balaban J connectivity index is 3.20. The lowest BCUT2D eigenvalue weighted by molar-refractivity contribution is -0.110. The number of halogens is 1. The molecule has 1 atom stereocenters. The molecule has 54 valence electrons. The second kappa shape index (κ2) is 6.09. The van der Waals surface area contributed by atoms with Crippen molar-refractivity contribution in [3.8, 4) is 0 Å². The largest absolute Gasteiger partial charge is 0.303 e. The Morgan fingerprint density at radius 1 is 1.67 bits per heavy atom. The Hall–Kier alpha value is -0.0400. The van der Waals surface area contributed by atoms with Crippen molar-refractivity contribution >= 4 is 17.9 Å². The van der Waals surface area contributed by atoms with Crippen LogP contribution in [0.3, 0.4) is 0 Å². The van der Waals surface area contributed by atoms with E-state index in [1.807, 2.05) is 0 Å². The van der Waals surface area contributed by atoms with E-state index < -0.39 is 0 Å². The third-order valence-electron chi connectivity index (χ3n) is 1.32. The lowest BCUT2D eigenvalue weighted by atomic mass is 10.1. The molecule has 0 aromatic rings. The summed E-state index contributed by atoms with van der Waals surface area (Å²) in [4.78, 5) is 10.2. The SMILES string of the molecule is CCCCC(C=O)CCl. The van der Waals surface area contributed by atoms with Crippen LogP contribution < -0.4 is 0 Å². The normalized spacial score (nSPS) is 13.1. The van der Waals surface area contributed by atoms with Crippen LogP contribution in [0.1, 0.15) is 26.2 Å². The van der Waals surface area contributed by atoms with Gasteiger partial charge in [-0.25, -0.2) is 0 Å². The van der Waals surface area contributed by atoms with Crippen molar-refractivity contribution in [3.63, 3.8) is 0 Å². The van der Waals surface area contributed by atoms with Crippen molar-refractivity contribution in [2.75, 3.05) is 5.88 Å². The van der Waals surface area contributed by atoms with Gasteiger partial charge in [0.15, 0.2) is 0 Å². The van der Waals surface area contributed by atoms with Gasteiger partial charge in [-0.05, 0) is 6.42 Å². The maximum atomic E-state index is 10.2. The fourth-order valence-corrected chi connectivity index (χ4v) is 0.875. The minimum Gasteiger partial charge on any atom is -0.303 e. The van der Waals surface area contributed by atoms with E-state index in [-0.39, 0.29) is 5.92 Å². The smallest absolute Gasteiger partial charge is 0.124 e. The van der Waals surface area contributed by atoms with Gasteiger partial charge in [-0.3, -0.25) is 0 Å². The summed E-state index contributed by atoms with van der Waals surface area (Å²) in [7, 11) is 0. The zero-order valence-electron chi connectivity index (χ0n) is 5.77. The molecule has 1 unspecified atom stereocenters. The molecule has 0 radical (unpaired) electrons. The number of carbonyl (C=O) groups excluding carboxylic acids is 1. The number of carbonyl (C=O) groups is 1. The molecule has 0 saturated carbocycles. The fraction of sp³-hybridized carbons (Fsp3) is 0.857. The van der Waals surface area contributed by atoms with Gasteiger partial charge in [-0.15, -0.1) is 11.6 Å². The molecule has 0 N–H and O–H groups in total. The first-order valence-corrected chi connectivity index (χ1v) is 3.89. The molecule has 0 bridgehead atoms. The average molecular weight is 149 g/mol. The van der Waals surface area contributed by atoms with Crippen LogP contribution in [0, 0.1) is 5.92 Å². The molecule has 0 aliphatic carbocycles. The van der Waals surface area contributed by atoms with Crippen LogP contribution in [0.4, 0.5) is 0 Å². The Labute approximate surface area is 61.4 Å². The highest BCUT2D eigenvalue weighted by Gasteiger charge is 2.02. The first kappa shape index (κ1) is 8.96. The molecule has 0 aliphatic heterocycles. The summed E-state index contributed by atoms with van der Waals surface area (Å²) < 4.78 is 0. The van der Waals surface area contributed by atoms with Crippen molar-refractivity contribution in [2.24, 2.45) is 5.92 Å². The zero-order valence-corrected chi connectivity index (χ0v) is 6.53. The van der Waals surface area contributed by atoms with Gasteiger partial charge in [-0.1, -0.05) is 19.8 Å². The third-order valence-corrected chi connectivity index (χ3v) is 1.72. The van der Waals surface area contributed by atoms with E-state index in [1.165, 1.54) is 0 Å².